The van der Waals surface area contributed by atoms with E-state index in [1.165, 1.54) is 12.3 Å². The third-order valence-electron chi connectivity index (χ3n) is 5.89. The summed E-state index contributed by atoms with van der Waals surface area (Å²) in [6, 6.07) is 24.3. The molecule has 5 nitrogen and oxygen atoms in total. The predicted molar refractivity (Wildman–Crippen MR) is 130 cm³/mol. The van der Waals surface area contributed by atoms with Gasteiger partial charge in [-0.15, -0.1) is 0 Å². The monoisotopic (exact) mass is 493 g/mol. The molecule has 0 saturated carbocycles. The highest BCUT2D eigenvalue weighted by molar-refractivity contribution is 5.91. The van der Waals surface area contributed by atoms with Gasteiger partial charge < -0.3 is 9.73 Å². The number of hydrogen-bond acceptors (Lipinski definition) is 4. The molecule has 8 heteroatoms. The maximum Gasteiger partial charge on any atom is 0.416 e. The van der Waals surface area contributed by atoms with Crippen LogP contribution in [0.5, 0.6) is 0 Å². The van der Waals surface area contributed by atoms with E-state index in [4.69, 9.17) is 4.42 Å². The molecule has 1 amide bonds. The van der Waals surface area contributed by atoms with Crippen LogP contribution < -0.4 is 5.32 Å². The molecule has 0 radical (unpaired) electrons. The molecule has 0 bridgehead atoms. The standard InChI is InChI=1S/C28H26F3N3O2/c1-20(23-12-6-3-7-13-23)34(17-22-11-8-14-24(15-22)28(29,30)31)18-26-33-25(19-36-26)27(35)32-16-21-9-4-2-5-10-21/h2-15,19-20H,16-18H2,1H3,(H,32,35). The largest absolute Gasteiger partial charge is 0.447 e. The van der Waals surface area contributed by atoms with Gasteiger partial charge in [-0.2, -0.15) is 13.2 Å². The Morgan fingerprint density at radius 1 is 0.944 bits per heavy atom. The first-order valence-electron chi connectivity index (χ1n) is 11.5. The fraction of sp³-hybridized carbons (Fsp3) is 0.214. The van der Waals surface area contributed by atoms with E-state index in [1.54, 1.807) is 6.07 Å². The Hall–Kier alpha value is -3.91. The molecule has 1 N–H and O–H groups in total. The molecule has 0 saturated heterocycles. The predicted octanol–water partition coefficient (Wildman–Crippen LogP) is 6.39. The van der Waals surface area contributed by atoms with Gasteiger partial charge in [0.25, 0.3) is 5.91 Å². The molecule has 1 aromatic heterocycles. The number of alkyl halides is 3. The van der Waals surface area contributed by atoms with Crippen LogP contribution in [0.25, 0.3) is 0 Å². The second-order valence-corrected chi connectivity index (χ2v) is 8.48. The van der Waals surface area contributed by atoms with Gasteiger partial charge in [0, 0.05) is 19.1 Å². The van der Waals surface area contributed by atoms with E-state index in [-0.39, 0.29) is 30.7 Å². The summed E-state index contributed by atoms with van der Waals surface area (Å²) in [5.41, 5.74) is 1.92. The SMILES string of the molecule is CC(c1ccccc1)N(Cc1cccc(C(F)(F)F)c1)Cc1nc(C(=O)NCc2ccccc2)co1. The van der Waals surface area contributed by atoms with Crippen LogP contribution in [0.3, 0.4) is 0 Å². The van der Waals surface area contributed by atoms with Gasteiger partial charge in [0.05, 0.1) is 12.1 Å². The number of halogens is 3. The summed E-state index contributed by atoms with van der Waals surface area (Å²) >= 11 is 0. The number of hydrogen-bond donors (Lipinski definition) is 1. The van der Waals surface area contributed by atoms with Crippen LogP contribution in [0.15, 0.2) is 95.6 Å². The average Bonchev–Trinajstić information content (AvgIpc) is 3.36. The summed E-state index contributed by atoms with van der Waals surface area (Å²) in [6.07, 6.45) is -3.12. The van der Waals surface area contributed by atoms with Crippen molar-refractivity contribution >= 4 is 5.91 Å². The molecule has 0 aliphatic heterocycles. The van der Waals surface area contributed by atoms with Crippen molar-refractivity contribution in [2.24, 2.45) is 0 Å². The van der Waals surface area contributed by atoms with Crippen LogP contribution in [0.1, 0.15) is 51.6 Å². The number of nitrogens with zero attached hydrogens (tertiary/aromatic N) is 2. The first kappa shape index (κ1) is 25.2. The van der Waals surface area contributed by atoms with Crippen LogP contribution in [-0.4, -0.2) is 15.8 Å². The molecule has 0 spiro atoms. The smallest absolute Gasteiger partial charge is 0.416 e. The van der Waals surface area contributed by atoms with Gasteiger partial charge in [0.1, 0.15) is 6.26 Å². The van der Waals surface area contributed by atoms with E-state index in [0.29, 0.717) is 18.0 Å². The highest BCUT2D eigenvalue weighted by Crippen LogP contribution is 2.31. The Balaban J connectivity index is 1.51. The van der Waals surface area contributed by atoms with E-state index < -0.39 is 11.7 Å². The van der Waals surface area contributed by atoms with Gasteiger partial charge in [0.15, 0.2) is 5.69 Å². The summed E-state index contributed by atoms with van der Waals surface area (Å²) < 4.78 is 45.3. The minimum absolute atomic E-state index is 0.146. The zero-order chi connectivity index (χ0) is 25.5. The number of oxazole rings is 1. The van der Waals surface area contributed by atoms with Crippen LogP contribution >= 0.6 is 0 Å². The van der Waals surface area contributed by atoms with Gasteiger partial charge in [-0.05, 0) is 29.7 Å². The number of aromatic nitrogens is 1. The minimum atomic E-state index is -4.42. The van der Waals surface area contributed by atoms with Crippen molar-refractivity contribution in [3.8, 4) is 0 Å². The topological polar surface area (TPSA) is 58.4 Å². The number of rotatable bonds is 9. The van der Waals surface area contributed by atoms with Crippen molar-refractivity contribution in [3.63, 3.8) is 0 Å². The maximum absolute atomic E-state index is 13.2. The lowest BCUT2D eigenvalue weighted by atomic mass is 10.0. The van der Waals surface area contributed by atoms with Crippen molar-refractivity contribution in [1.82, 2.24) is 15.2 Å². The van der Waals surface area contributed by atoms with E-state index in [2.05, 4.69) is 10.3 Å². The Morgan fingerprint density at radius 2 is 1.61 bits per heavy atom. The molecular weight excluding hydrogens is 467 g/mol. The van der Waals surface area contributed by atoms with Crippen molar-refractivity contribution in [2.75, 3.05) is 0 Å². The van der Waals surface area contributed by atoms with Crippen molar-refractivity contribution < 1.29 is 22.4 Å². The van der Waals surface area contributed by atoms with Crippen LogP contribution in [0, 0.1) is 0 Å². The molecule has 1 heterocycles. The molecule has 4 rings (SSSR count). The fourth-order valence-corrected chi connectivity index (χ4v) is 3.88. The average molecular weight is 494 g/mol. The highest BCUT2D eigenvalue weighted by Gasteiger charge is 2.30. The summed E-state index contributed by atoms with van der Waals surface area (Å²) in [5.74, 6) is -0.0657. The van der Waals surface area contributed by atoms with Gasteiger partial charge in [0.2, 0.25) is 5.89 Å². The van der Waals surface area contributed by atoms with E-state index in [9.17, 15) is 18.0 Å². The summed E-state index contributed by atoms with van der Waals surface area (Å²) in [4.78, 5) is 18.8. The first-order chi connectivity index (χ1) is 17.3. The Morgan fingerprint density at radius 3 is 2.31 bits per heavy atom. The van der Waals surface area contributed by atoms with Gasteiger partial charge >= 0.3 is 6.18 Å². The zero-order valence-corrected chi connectivity index (χ0v) is 19.7. The Bertz CT molecular complexity index is 1270. The van der Waals surface area contributed by atoms with Crippen molar-refractivity contribution in [3.05, 3.63) is 125 Å². The molecule has 1 atom stereocenters. The number of nitrogens with one attached hydrogen (secondary N) is 1. The van der Waals surface area contributed by atoms with Crippen molar-refractivity contribution in [2.45, 2.75) is 38.8 Å². The second kappa shape index (κ2) is 11.2. The van der Waals surface area contributed by atoms with Crippen molar-refractivity contribution in [1.29, 1.82) is 0 Å². The highest BCUT2D eigenvalue weighted by atomic mass is 19.4. The summed E-state index contributed by atoms with van der Waals surface area (Å²) in [6.45, 7) is 2.77. The number of benzene rings is 3. The Kier molecular flexibility index (Phi) is 7.85. The summed E-state index contributed by atoms with van der Waals surface area (Å²) in [5, 5.41) is 2.81. The first-order valence-corrected chi connectivity index (χ1v) is 11.5. The normalized spacial score (nSPS) is 12.5. The molecule has 36 heavy (non-hydrogen) atoms. The van der Waals surface area contributed by atoms with Crippen LogP contribution in [-0.2, 0) is 25.8 Å². The zero-order valence-electron chi connectivity index (χ0n) is 19.7. The second-order valence-electron chi connectivity index (χ2n) is 8.48. The molecule has 186 valence electrons. The lowest BCUT2D eigenvalue weighted by Crippen LogP contribution is -2.27. The van der Waals surface area contributed by atoms with Gasteiger partial charge in [-0.1, -0.05) is 78.9 Å². The maximum atomic E-state index is 13.2. The lowest BCUT2D eigenvalue weighted by Gasteiger charge is -2.28. The molecule has 1 unspecified atom stereocenters. The lowest BCUT2D eigenvalue weighted by molar-refractivity contribution is -0.137. The Labute approximate surface area is 207 Å². The summed E-state index contributed by atoms with van der Waals surface area (Å²) in [7, 11) is 0. The molecule has 0 aliphatic carbocycles. The van der Waals surface area contributed by atoms with E-state index in [0.717, 1.165) is 23.3 Å². The molecule has 0 aliphatic rings. The molecular formula is C28H26F3N3O2. The fourth-order valence-electron chi connectivity index (χ4n) is 3.88. The third kappa shape index (κ3) is 6.60. The van der Waals surface area contributed by atoms with E-state index in [1.807, 2.05) is 72.5 Å². The third-order valence-corrected chi connectivity index (χ3v) is 5.89. The van der Waals surface area contributed by atoms with E-state index >= 15 is 0 Å². The molecule has 3 aromatic carbocycles. The van der Waals surface area contributed by atoms with Gasteiger partial charge in [-0.25, -0.2) is 4.98 Å². The minimum Gasteiger partial charge on any atom is -0.447 e. The quantitative estimate of drug-likeness (QED) is 0.294. The van der Waals surface area contributed by atoms with Gasteiger partial charge in [-0.3, -0.25) is 9.69 Å². The van der Waals surface area contributed by atoms with Crippen LogP contribution in [0.2, 0.25) is 0 Å². The number of carbonyl (C=O) groups excluding carboxylic acids is 1. The molecule has 0 fully saturated rings. The number of carbonyl (C=O) groups is 1. The molecule has 4 aromatic rings. The van der Waals surface area contributed by atoms with Crippen LogP contribution in [0.4, 0.5) is 13.2 Å². The number of amides is 1.